The summed E-state index contributed by atoms with van der Waals surface area (Å²) in [5.41, 5.74) is 0.115. The van der Waals surface area contributed by atoms with Crippen LogP contribution in [0.2, 0.25) is 0 Å². The number of nitrogens with one attached hydrogen (secondary N) is 1. The van der Waals surface area contributed by atoms with Crippen LogP contribution in [0.5, 0.6) is 0 Å². The lowest BCUT2D eigenvalue weighted by Crippen LogP contribution is -2.22. The molecule has 0 unspecified atom stereocenters. The molecule has 2 N–H and O–H groups in total. The summed E-state index contributed by atoms with van der Waals surface area (Å²) in [6, 6.07) is 0. The number of alkyl halides is 3. The zero-order chi connectivity index (χ0) is 11.2. The monoisotopic (exact) mass is 211 g/mol. The predicted octanol–water partition coefficient (Wildman–Crippen LogP) is 1.56. The molecule has 0 aliphatic carbocycles. The van der Waals surface area contributed by atoms with Gasteiger partial charge in [-0.05, 0) is 6.92 Å². The molecule has 0 fully saturated rings. The molecule has 0 aromatic rings. The van der Waals surface area contributed by atoms with Crippen molar-refractivity contribution in [3.63, 3.8) is 0 Å². The number of carboxylic acid groups (broad SMARTS) is 1. The molecule has 3 nitrogen and oxygen atoms in total. The van der Waals surface area contributed by atoms with Gasteiger partial charge in [0.2, 0.25) is 0 Å². The summed E-state index contributed by atoms with van der Waals surface area (Å²) in [6.45, 7) is 1.31. The zero-order valence-corrected chi connectivity index (χ0v) is 7.69. The highest BCUT2D eigenvalue weighted by Crippen LogP contribution is 2.17. The topological polar surface area (TPSA) is 49.3 Å². The molecule has 0 saturated carbocycles. The first-order chi connectivity index (χ1) is 6.33. The maximum atomic E-state index is 11.6. The van der Waals surface area contributed by atoms with E-state index in [1.54, 1.807) is 0 Å². The maximum absolute atomic E-state index is 11.6. The molecule has 0 atom stereocenters. The molecule has 0 saturated heterocycles. The highest BCUT2D eigenvalue weighted by molar-refractivity contribution is 5.85. The molecule has 14 heavy (non-hydrogen) atoms. The molecule has 82 valence electrons. The molecule has 0 aliphatic rings. The molecule has 0 aromatic heterocycles. The Morgan fingerprint density at radius 1 is 1.50 bits per heavy atom. The Balaban J connectivity index is 3.57. The molecule has 0 rings (SSSR count). The molecule has 0 heterocycles. The Morgan fingerprint density at radius 2 is 2.07 bits per heavy atom. The van der Waals surface area contributed by atoms with Crippen LogP contribution < -0.4 is 5.32 Å². The average molecular weight is 211 g/mol. The fourth-order valence-corrected chi connectivity index (χ4v) is 0.645. The number of rotatable bonds is 5. The quantitative estimate of drug-likeness (QED) is 0.536. The molecule has 6 heteroatoms. The molecule has 0 aliphatic heterocycles. The highest BCUT2D eigenvalue weighted by Gasteiger charge is 2.25. The van der Waals surface area contributed by atoms with E-state index in [2.05, 4.69) is 5.32 Å². The van der Waals surface area contributed by atoms with E-state index >= 15 is 0 Å². The van der Waals surface area contributed by atoms with E-state index in [9.17, 15) is 18.0 Å². The van der Waals surface area contributed by atoms with E-state index in [0.29, 0.717) is 0 Å². The average Bonchev–Trinajstić information content (AvgIpc) is 2.01. The number of carbonyl (C=O) groups is 1. The minimum atomic E-state index is -4.17. The van der Waals surface area contributed by atoms with E-state index in [-0.39, 0.29) is 18.7 Å². The lowest BCUT2D eigenvalue weighted by Gasteiger charge is -2.05. The van der Waals surface area contributed by atoms with Gasteiger partial charge in [-0.2, -0.15) is 13.2 Å². The summed E-state index contributed by atoms with van der Waals surface area (Å²) in [5, 5.41) is 10.9. The number of halogens is 3. The summed E-state index contributed by atoms with van der Waals surface area (Å²) >= 11 is 0. The summed E-state index contributed by atoms with van der Waals surface area (Å²) in [4.78, 5) is 10.2. The second-order valence-corrected chi connectivity index (χ2v) is 2.76. The van der Waals surface area contributed by atoms with Crippen molar-refractivity contribution in [1.82, 2.24) is 5.32 Å². The molecule has 0 amide bonds. The van der Waals surface area contributed by atoms with Crippen LogP contribution in [0.1, 0.15) is 13.3 Å². The van der Waals surface area contributed by atoms with Crippen LogP contribution in [0.4, 0.5) is 13.2 Å². The minimum absolute atomic E-state index is 0.115. The van der Waals surface area contributed by atoms with Crippen molar-refractivity contribution in [2.24, 2.45) is 0 Å². The van der Waals surface area contributed by atoms with Crippen LogP contribution in [0.15, 0.2) is 11.6 Å². The fraction of sp³-hybridized carbons (Fsp3) is 0.625. The van der Waals surface area contributed by atoms with E-state index in [4.69, 9.17) is 5.11 Å². The van der Waals surface area contributed by atoms with Gasteiger partial charge in [0.25, 0.3) is 0 Å². The van der Waals surface area contributed by atoms with E-state index in [1.165, 1.54) is 13.0 Å². The van der Waals surface area contributed by atoms with Crippen molar-refractivity contribution in [2.45, 2.75) is 19.5 Å². The number of hydrogen-bond donors (Lipinski definition) is 2. The third kappa shape index (κ3) is 7.60. The van der Waals surface area contributed by atoms with Gasteiger partial charge >= 0.3 is 12.1 Å². The molecule has 0 bridgehead atoms. The first-order valence-corrected chi connectivity index (χ1v) is 4.00. The second-order valence-electron chi connectivity index (χ2n) is 2.76. The lowest BCUT2D eigenvalue weighted by atomic mass is 10.3. The summed E-state index contributed by atoms with van der Waals surface area (Å²) < 4.78 is 34.9. The normalized spacial score (nSPS) is 13.0. The highest BCUT2D eigenvalue weighted by atomic mass is 19.4. The summed E-state index contributed by atoms with van der Waals surface area (Å²) in [6.07, 6.45) is -3.75. The summed E-state index contributed by atoms with van der Waals surface area (Å²) in [5.74, 6) is -1.07. The van der Waals surface area contributed by atoms with E-state index in [0.717, 1.165) is 0 Å². The first kappa shape index (κ1) is 13.0. The van der Waals surface area contributed by atoms with Gasteiger partial charge in [-0.1, -0.05) is 6.08 Å². The van der Waals surface area contributed by atoms with Crippen LogP contribution >= 0.6 is 0 Å². The maximum Gasteiger partial charge on any atom is 0.390 e. The smallest absolute Gasteiger partial charge is 0.390 e. The van der Waals surface area contributed by atoms with E-state index < -0.39 is 18.6 Å². The van der Waals surface area contributed by atoms with Crippen LogP contribution in [0, 0.1) is 0 Å². The Bertz CT molecular complexity index is 223. The van der Waals surface area contributed by atoms with Crippen LogP contribution in [0.25, 0.3) is 0 Å². The molecule has 0 radical (unpaired) electrons. The van der Waals surface area contributed by atoms with Gasteiger partial charge in [-0.15, -0.1) is 0 Å². The fourth-order valence-electron chi connectivity index (χ4n) is 0.645. The third-order valence-corrected chi connectivity index (χ3v) is 1.48. The molecule has 0 spiro atoms. The standard InChI is InChI=1S/C8H12F3NO2/c1-6(7(13)14)2-4-12-5-3-8(9,10)11/h2,12H,3-5H2,1H3,(H,13,14). The van der Waals surface area contributed by atoms with Crippen LogP contribution in [0.3, 0.4) is 0 Å². The SMILES string of the molecule is CC(=CCNCCC(F)(F)F)C(=O)O. The van der Waals surface area contributed by atoms with Crippen molar-refractivity contribution in [1.29, 1.82) is 0 Å². The van der Waals surface area contributed by atoms with Gasteiger partial charge in [0, 0.05) is 18.7 Å². The number of aliphatic carboxylic acids is 1. The zero-order valence-electron chi connectivity index (χ0n) is 7.69. The lowest BCUT2D eigenvalue weighted by molar-refractivity contribution is -0.134. The van der Waals surface area contributed by atoms with Crippen molar-refractivity contribution in [2.75, 3.05) is 13.1 Å². The molecule has 0 aromatic carbocycles. The largest absolute Gasteiger partial charge is 0.478 e. The molecular weight excluding hydrogens is 199 g/mol. The molecular formula is C8H12F3NO2. The third-order valence-electron chi connectivity index (χ3n) is 1.48. The van der Waals surface area contributed by atoms with E-state index in [1.807, 2.05) is 0 Å². The summed E-state index contributed by atoms with van der Waals surface area (Å²) in [7, 11) is 0. The number of carboxylic acids is 1. The Morgan fingerprint density at radius 3 is 2.50 bits per heavy atom. The van der Waals surface area contributed by atoms with Gasteiger partial charge in [0.1, 0.15) is 0 Å². The predicted molar refractivity (Wildman–Crippen MR) is 44.9 cm³/mol. The Hall–Kier alpha value is -1.04. The van der Waals surface area contributed by atoms with Gasteiger partial charge in [0.15, 0.2) is 0 Å². The van der Waals surface area contributed by atoms with Crippen molar-refractivity contribution in [3.8, 4) is 0 Å². The Kier molecular flexibility index (Phi) is 5.22. The van der Waals surface area contributed by atoms with Crippen molar-refractivity contribution >= 4 is 5.97 Å². The second kappa shape index (κ2) is 5.64. The van der Waals surface area contributed by atoms with Crippen molar-refractivity contribution in [3.05, 3.63) is 11.6 Å². The van der Waals surface area contributed by atoms with Crippen LogP contribution in [-0.4, -0.2) is 30.3 Å². The first-order valence-electron chi connectivity index (χ1n) is 4.00. The number of hydrogen-bond acceptors (Lipinski definition) is 2. The van der Waals surface area contributed by atoms with Gasteiger partial charge < -0.3 is 10.4 Å². The Labute approximate surface area is 79.6 Å². The minimum Gasteiger partial charge on any atom is -0.478 e. The van der Waals surface area contributed by atoms with Gasteiger partial charge in [-0.3, -0.25) is 0 Å². The van der Waals surface area contributed by atoms with Gasteiger partial charge in [0.05, 0.1) is 6.42 Å². The van der Waals surface area contributed by atoms with Crippen molar-refractivity contribution < 1.29 is 23.1 Å². The van der Waals surface area contributed by atoms with Gasteiger partial charge in [-0.25, -0.2) is 4.79 Å². The van der Waals surface area contributed by atoms with Crippen LogP contribution in [-0.2, 0) is 4.79 Å².